The molecule has 0 bridgehead atoms. The van der Waals surface area contributed by atoms with Gasteiger partial charge in [-0.2, -0.15) is 4.98 Å². The maximum absolute atomic E-state index is 11.4. The molecule has 2 rings (SSSR count). The van der Waals surface area contributed by atoms with Crippen molar-refractivity contribution in [3.63, 3.8) is 0 Å². The summed E-state index contributed by atoms with van der Waals surface area (Å²) in [6.45, 7) is 4.27. The molecule has 20 heavy (non-hydrogen) atoms. The predicted octanol–water partition coefficient (Wildman–Crippen LogP) is 2.56. The standard InChI is InChI=1S/C13H15ClN4O2/c1-7(2)13-17-11(18-20-13)6-16-10-4-3-8(14)5-9(10)12(15)19/h3-5,7,16H,6H2,1-2H3,(H2,15,19). The fourth-order valence-electron chi connectivity index (χ4n) is 1.62. The van der Waals surface area contributed by atoms with E-state index in [0.717, 1.165) is 0 Å². The first-order chi connectivity index (χ1) is 9.47. The fourth-order valence-corrected chi connectivity index (χ4v) is 1.79. The molecule has 0 saturated carbocycles. The first kappa shape index (κ1) is 14.3. The van der Waals surface area contributed by atoms with E-state index >= 15 is 0 Å². The van der Waals surface area contributed by atoms with Crippen molar-refractivity contribution in [2.24, 2.45) is 5.73 Å². The number of carbonyl (C=O) groups excluding carboxylic acids is 1. The molecule has 1 aromatic carbocycles. The Kier molecular flexibility index (Phi) is 4.24. The second kappa shape index (κ2) is 5.92. The third-order valence-corrected chi connectivity index (χ3v) is 2.90. The third-order valence-electron chi connectivity index (χ3n) is 2.66. The number of benzene rings is 1. The molecule has 6 nitrogen and oxygen atoms in total. The van der Waals surface area contributed by atoms with Crippen molar-refractivity contribution in [3.8, 4) is 0 Å². The quantitative estimate of drug-likeness (QED) is 0.884. The van der Waals surface area contributed by atoms with Crippen molar-refractivity contribution in [2.45, 2.75) is 26.3 Å². The molecule has 1 amide bonds. The van der Waals surface area contributed by atoms with Crippen LogP contribution in [0, 0.1) is 0 Å². The maximum atomic E-state index is 11.4. The van der Waals surface area contributed by atoms with Gasteiger partial charge in [0.05, 0.1) is 12.1 Å². The number of nitrogens with two attached hydrogens (primary N) is 1. The van der Waals surface area contributed by atoms with Crippen LogP contribution in [-0.2, 0) is 6.54 Å². The SMILES string of the molecule is CC(C)c1nc(CNc2ccc(Cl)cc2C(N)=O)no1. The van der Waals surface area contributed by atoms with Crippen LogP contribution in [0.15, 0.2) is 22.7 Å². The average Bonchev–Trinajstić information content (AvgIpc) is 2.86. The third kappa shape index (κ3) is 3.27. The molecule has 0 aliphatic rings. The van der Waals surface area contributed by atoms with E-state index in [1.165, 1.54) is 6.07 Å². The monoisotopic (exact) mass is 294 g/mol. The number of aromatic nitrogens is 2. The minimum absolute atomic E-state index is 0.174. The van der Waals surface area contributed by atoms with E-state index in [2.05, 4.69) is 15.5 Å². The van der Waals surface area contributed by atoms with Crippen molar-refractivity contribution in [1.29, 1.82) is 0 Å². The number of amides is 1. The zero-order chi connectivity index (χ0) is 14.7. The Morgan fingerprint density at radius 1 is 1.50 bits per heavy atom. The summed E-state index contributed by atoms with van der Waals surface area (Å²) in [6, 6.07) is 4.87. The summed E-state index contributed by atoms with van der Waals surface area (Å²) in [4.78, 5) is 15.6. The molecule has 2 aromatic rings. The van der Waals surface area contributed by atoms with E-state index < -0.39 is 5.91 Å². The zero-order valence-corrected chi connectivity index (χ0v) is 11.9. The Bertz CT molecular complexity index is 625. The van der Waals surface area contributed by atoms with Gasteiger partial charge < -0.3 is 15.6 Å². The molecule has 1 heterocycles. The normalized spacial score (nSPS) is 10.8. The van der Waals surface area contributed by atoms with Gasteiger partial charge in [-0.15, -0.1) is 0 Å². The van der Waals surface area contributed by atoms with Crippen molar-refractivity contribution in [1.82, 2.24) is 10.1 Å². The first-order valence-corrected chi connectivity index (χ1v) is 6.51. The molecule has 0 aliphatic carbocycles. The van der Waals surface area contributed by atoms with E-state index in [1.807, 2.05) is 13.8 Å². The number of rotatable bonds is 5. The van der Waals surface area contributed by atoms with Crippen LogP contribution in [-0.4, -0.2) is 16.0 Å². The van der Waals surface area contributed by atoms with Crippen LogP contribution >= 0.6 is 11.6 Å². The van der Waals surface area contributed by atoms with Crippen LogP contribution in [0.5, 0.6) is 0 Å². The lowest BCUT2D eigenvalue weighted by Crippen LogP contribution is -2.14. The van der Waals surface area contributed by atoms with Crippen LogP contribution in [0.3, 0.4) is 0 Å². The maximum Gasteiger partial charge on any atom is 0.250 e. The second-order valence-electron chi connectivity index (χ2n) is 4.61. The van der Waals surface area contributed by atoms with Gasteiger partial charge in [0, 0.05) is 16.6 Å². The Morgan fingerprint density at radius 2 is 2.25 bits per heavy atom. The van der Waals surface area contributed by atoms with Crippen molar-refractivity contribution >= 4 is 23.2 Å². The number of hydrogen-bond acceptors (Lipinski definition) is 5. The molecule has 106 valence electrons. The van der Waals surface area contributed by atoms with Crippen LogP contribution in [0.1, 0.15) is 41.8 Å². The van der Waals surface area contributed by atoms with Crippen molar-refractivity contribution < 1.29 is 9.32 Å². The van der Waals surface area contributed by atoms with Crippen LogP contribution in [0.2, 0.25) is 5.02 Å². The second-order valence-corrected chi connectivity index (χ2v) is 5.05. The molecule has 0 fully saturated rings. The molecular weight excluding hydrogens is 280 g/mol. The highest BCUT2D eigenvalue weighted by Crippen LogP contribution is 2.21. The summed E-state index contributed by atoms with van der Waals surface area (Å²) in [5, 5.41) is 7.35. The predicted molar refractivity (Wildman–Crippen MR) is 75.7 cm³/mol. The number of carbonyl (C=O) groups is 1. The summed E-state index contributed by atoms with van der Waals surface area (Å²) >= 11 is 5.84. The highest BCUT2D eigenvalue weighted by Gasteiger charge is 2.12. The van der Waals surface area contributed by atoms with Crippen molar-refractivity contribution in [2.75, 3.05) is 5.32 Å². The van der Waals surface area contributed by atoms with Crippen LogP contribution < -0.4 is 11.1 Å². The number of halogens is 1. The van der Waals surface area contributed by atoms with Gasteiger partial charge in [0.15, 0.2) is 5.82 Å². The molecule has 1 aromatic heterocycles. The van der Waals surface area contributed by atoms with E-state index in [-0.39, 0.29) is 5.92 Å². The molecule has 7 heteroatoms. The summed E-state index contributed by atoms with van der Waals surface area (Å²) < 4.78 is 5.10. The van der Waals surface area contributed by atoms with Gasteiger partial charge in [-0.3, -0.25) is 4.79 Å². The number of nitrogens with one attached hydrogen (secondary N) is 1. The van der Waals surface area contributed by atoms with Gasteiger partial charge in [-0.05, 0) is 18.2 Å². The minimum Gasteiger partial charge on any atom is -0.377 e. The van der Waals surface area contributed by atoms with Gasteiger partial charge in [-0.25, -0.2) is 0 Å². The number of anilines is 1. The van der Waals surface area contributed by atoms with Gasteiger partial charge in [-0.1, -0.05) is 30.6 Å². The molecule has 3 N–H and O–H groups in total. The van der Waals surface area contributed by atoms with Crippen molar-refractivity contribution in [3.05, 3.63) is 40.5 Å². The molecule has 0 aliphatic heterocycles. The number of primary amides is 1. The lowest BCUT2D eigenvalue weighted by Gasteiger charge is -2.08. The lowest BCUT2D eigenvalue weighted by atomic mass is 10.1. The van der Waals surface area contributed by atoms with Gasteiger partial charge in [0.1, 0.15) is 0 Å². The van der Waals surface area contributed by atoms with E-state index in [4.69, 9.17) is 21.9 Å². The Labute approximate surface area is 121 Å². The summed E-state index contributed by atoms with van der Waals surface area (Å²) in [7, 11) is 0. The Morgan fingerprint density at radius 3 is 2.85 bits per heavy atom. The minimum atomic E-state index is -0.550. The average molecular weight is 295 g/mol. The Balaban J connectivity index is 2.12. The smallest absolute Gasteiger partial charge is 0.250 e. The van der Waals surface area contributed by atoms with E-state index in [1.54, 1.807) is 12.1 Å². The topological polar surface area (TPSA) is 94.0 Å². The van der Waals surface area contributed by atoms with Crippen LogP contribution in [0.4, 0.5) is 5.69 Å². The highest BCUT2D eigenvalue weighted by molar-refractivity contribution is 6.31. The zero-order valence-electron chi connectivity index (χ0n) is 11.2. The van der Waals surface area contributed by atoms with E-state index in [9.17, 15) is 4.79 Å². The van der Waals surface area contributed by atoms with E-state index in [0.29, 0.717) is 34.5 Å². The van der Waals surface area contributed by atoms with Crippen LogP contribution in [0.25, 0.3) is 0 Å². The molecular formula is C13H15ClN4O2. The highest BCUT2D eigenvalue weighted by atomic mass is 35.5. The molecule has 0 unspecified atom stereocenters. The van der Waals surface area contributed by atoms with Gasteiger partial charge in [0.2, 0.25) is 5.89 Å². The summed E-state index contributed by atoms with van der Waals surface area (Å²) in [5.41, 5.74) is 6.21. The number of nitrogens with zero attached hydrogens (tertiary/aromatic N) is 2. The summed E-state index contributed by atoms with van der Waals surface area (Å²) in [6.07, 6.45) is 0. The fraction of sp³-hybridized carbons (Fsp3) is 0.308. The molecule has 0 spiro atoms. The molecule has 0 atom stereocenters. The Hall–Kier alpha value is -2.08. The molecule has 0 radical (unpaired) electrons. The van der Waals surface area contributed by atoms with Gasteiger partial charge in [0.25, 0.3) is 5.91 Å². The van der Waals surface area contributed by atoms with Gasteiger partial charge >= 0.3 is 0 Å². The number of hydrogen-bond donors (Lipinski definition) is 2. The molecule has 0 saturated heterocycles. The lowest BCUT2D eigenvalue weighted by molar-refractivity contribution is 0.100. The summed E-state index contributed by atoms with van der Waals surface area (Å²) in [5.74, 6) is 0.714. The first-order valence-electron chi connectivity index (χ1n) is 6.13. The largest absolute Gasteiger partial charge is 0.377 e.